The predicted octanol–water partition coefficient (Wildman–Crippen LogP) is 4.44. The Bertz CT molecular complexity index is 946. The van der Waals surface area contributed by atoms with Gasteiger partial charge in [-0.2, -0.15) is 0 Å². The maximum Gasteiger partial charge on any atom is 0.274 e. The molecular formula is C19H17ClN4O2. The molecule has 0 atom stereocenters. The molecule has 0 radical (unpaired) electrons. The lowest BCUT2D eigenvalue weighted by molar-refractivity contribution is 0.102. The van der Waals surface area contributed by atoms with E-state index in [9.17, 15) is 4.79 Å². The number of ether oxygens (including phenoxy) is 1. The summed E-state index contributed by atoms with van der Waals surface area (Å²) in [6.45, 7) is 1.73. The van der Waals surface area contributed by atoms with Crippen LogP contribution in [0.1, 0.15) is 16.3 Å². The predicted molar refractivity (Wildman–Crippen MR) is 102 cm³/mol. The molecule has 0 aliphatic carbocycles. The molecular weight excluding hydrogens is 352 g/mol. The van der Waals surface area contributed by atoms with Crippen molar-refractivity contribution in [1.82, 2.24) is 9.97 Å². The van der Waals surface area contributed by atoms with Crippen molar-refractivity contribution in [2.45, 2.75) is 6.92 Å². The quantitative estimate of drug-likeness (QED) is 0.696. The van der Waals surface area contributed by atoms with Gasteiger partial charge in [-0.15, -0.1) is 0 Å². The van der Waals surface area contributed by atoms with Gasteiger partial charge in [0.1, 0.15) is 23.1 Å². The van der Waals surface area contributed by atoms with E-state index in [-0.39, 0.29) is 11.6 Å². The Morgan fingerprint density at radius 1 is 1.08 bits per heavy atom. The molecule has 3 rings (SSSR count). The zero-order valence-corrected chi connectivity index (χ0v) is 15.0. The van der Waals surface area contributed by atoms with Crippen LogP contribution in [0.4, 0.5) is 17.2 Å². The number of amides is 1. The number of anilines is 3. The van der Waals surface area contributed by atoms with E-state index >= 15 is 0 Å². The topological polar surface area (TPSA) is 76.1 Å². The van der Waals surface area contributed by atoms with Crippen LogP contribution in [-0.2, 0) is 0 Å². The van der Waals surface area contributed by atoms with Crippen LogP contribution in [-0.4, -0.2) is 23.0 Å². The van der Waals surface area contributed by atoms with Gasteiger partial charge in [-0.1, -0.05) is 29.8 Å². The summed E-state index contributed by atoms with van der Waals surface area (Å²) in [6.07, 6.45) is 0. The molecule has 0 aliphatic rings. The van der Waals surface area contributed by atoms with Crippen LogP contribution in [0.25, 0.3) is 0 Å². The van der Waals surface area contributed by atoms with Crippen molar-refractivity contribution in [3.8, 4) is 5.75 Å². The lowest BCUT2D eigenvalue weighted by Gasteiger charge is -2.12. The van der Waals surface area contributed by atoms with Crippen molar-refractivity contribution < 1.29 is 9.53 Å². The van der Waals surface area contributed by atoms with Crippen LogP contribution in [0.2, 0.25) is 5.02 Å². The fourth-order valence-corrected chi connectivity index (χ4v) is 2.59. The van der Waals surface area contributed by atoms with E-state index in [4.69, 9.17) is 16.3 Å². The van der Waals surface area contributed by atoms with E-state index in [0.29, 0.717) is 28.1 Å². The minimum Gasteiger partial charge on any atom is -0.495 e. The molecule has 0 spiro atoms. The Kier molecular flexibility index (Phi) is 5.34. The first kappa shape index (κ1) is 17.7. The van der Waals surface area contributed by atoms with Crippen molar-refractivity contribution in [2.24, 2.45) is 0 Å². The first-order valence-corrected chi connectivity index (χ1v) is 8.25. The molecule has 0 unspecified atom stereocenters. The average Bonchev–Trinajstić information content (AvgIpc) is 2.61. The van der Waals surface area contributed by atoms with Gasteiger partial charge in [-0.3, -0.25) is 4.79 Å². The summed E-state index contributed by atoms with van der Waals surface area (Å²) < 4.78 is 5.32. The first-order chi connectivity index (χ1) is 12.5. The highest BCUT2D eigenvalue weighted by Gasteiger charge is 2.12. The monoisotopic (exact) mass is 368 g/mol. The number of nitrogens with one attached hydrogen (secondary N) is 2. The molecule has 132 valence electrons. The molecule has 2 N–H and O–H groups in total. The van der Waals surface area contributed by atoms with Gasteiger partial charge in [-0.05, 0) is 37.3 Å². The number of hydrogen-bond acceptors (Lipinski definition) is 5. The summed E-state index contributed by atoms with van der Waals surface area (Å²) in [5.74, 6) is 1.30. The van der Waals surface area contributed by atoms with Crippen LogP contribution in [0.5, 0.6) is 5.75 Å². The maximum absolute atomic E-state index is 12.5. The van der Waals surface area contributed by atoms with Gasteiger partial charge in [0.05, 0.1) is 12.8 Å². The number of para-hydroxylation sites is 2. The highest BCUT2D eigenvalue weighted by atomic mass is 35.5. The van der Waals surface area contributed by atoms with Crippen molar-refractivity contribution in [1.29, 1.82) is 0 Å². The summed E-state index contributed by atoms with van der Waals surface area (Å²) in [5, 5.41) is 6.47. The molecule has 3 aromatic rings. The van der Waals surface area contributed by atoms with Gasteiger partial charge >= 0.3 is 0 Å². The van der Waals surface area contributed by atoms with Crippen molar-refractivity contribution in [2.75, 3.05) is 17.7 Å². The standard InChI is InChI=1S/C19H17ClN4O2/c1-12-21-16(19(25)23-14-7-5-6-13(20)10-14)11-18(22-12)24-15-8-3-4-9-17(15)26-2/h3-11H,1-2H3,(H,23,25)(H,21,22,24). The van der Waals surface area contributed by atoms with E-state index in [1.807, 2.05) is 24.3 Å². The number of hydrogen-bond donors (Lipinski definition) is 2. The highest BCUT2D eigenvalue weighted by molar-refractivity contribution is 6.30. The normalized spacial score (nSPS) is 10.3. The molecule has 0 saturated carbocycles. The second kappa shape index (κ2) is 7.84. The van der Waals surface area contributed by atoms with Crippen molar-refractivity contribution in [3.05, 3.63) is 71.1 Å². The van der Waals surface area contributed by atoms with Crippen LogP contribution in [0.3, 0.4) is 0 Å². The van der Waals surface area contributed by atoms with E-state index in [0.717, 1.165) is 5.69 Å². The molecule has 1 amide bonds. The highest BCUT2D eigenvalue weighted by Crippen LogP contribution is 2.26. The van der Waals surface area contributed by atoms with Gasteiger partial charge in [0.15, 0.2) is 0 Å². The van der Waals surface area contributed by atoms with E-state index in [1.165, 1.54) is 0 Å². The van der Waals surface area contributed by atoms with Gasteiger partial charge in [-0.25, -0.2) is 9.97 Å². The third-order valence-corrected chi connectivity index (χ3v) is 3.76. The van der Waals surface area contributed by atoms with Crippen LogP contribution in [0, 0.1) is 6.92 Å². The zero-order valence-electron chi connectivity index (χ0n) is 14.3. The molecule has 26 heavy (non-hydrogen) atoms. The smallest absolute Gasteiger partial charge is 0.274 e. The van der Waals surface area contributed by atoms with Crippen LogP contribution in [0.15, 0.2) is 54.6 Å². The van der Waals surface area contributed by atoms with Gasteiger partial charge in [0, 0.05) is 16.8 Å². The number of methoxy groups -OCH3 is 1. The summed E-state index contributed by atoms with van der Waals surface area (Å²) in [4.78, 5) is 21.0. The van der Waals surface area contributed by atoms with E-state index in [1.54, 1.807) is 44.4 Å². The minimum absolute atomic E-state index is 0.245. The van der Waals surface area contributed by atoms with Gasteiger partial charge in [0.25, 0.3) is 5.91 Å². The Balaban J connectivity index is 1.84. The molecule has 0 bridgehead atoms. The zero-order chi connectivity index (χ0) is 18.5. The minimum atomic E-state index is -0.346. The molecule has 0 fully saturated rings. The molecule has 1 aromatic heterocycles. The van der Waals surface area contributed by atoms with E-state index in [2.05, 4.69) is 20.6 Å². The maximum atomic E-state index is 12.5. The summed E-state index contributed by atoms with van der Waals surface area (Å²) >= 11 is 5.94. The SMILES string of the molecule is COc1ccccc1Nc1cc(C(=O)Nc2cccc(Cl)c2)nc(C)n1. The molecule has 0 saturated heterocycles. The van der Waals surface area contributed by atoms with Crippen molar-refractivity contribution >= 4 is 34.7 Å². The summed E-state index contributed by atoms with van der Waals surface area (Å²) in [6, 6.07) is 16.0. The number of carbonyl (C=O) groups is 1. The largest absolute Gasteiger partial charge is 0.495 e. The Hall–Kier alpha value is -3.12. The number of carbonyl (C=O) groups excluding carboxylic acids is 1. The van der Waals surface area contributed by atoms with Gasteiger partial charge < -0.3 is 15.4 Å². The van der Waals surface area contributed by atoms with Crippen molar-refractivity contribution in [3.63, 3.8) is 0 Å². The summed E-state index contributed by atoms with van der Waals surface area (Å²) in [7, 11) is 1.59. The van der Waals surface area contributed by atoms with Crippen LogP contribution >= 0.6 is 11.6 Å². The third kappa shape index (κ3) is 4.29. The van der Waals surface area contributed by atoms with E-state index < -0.39 is 0 Å². The molecule has 2 aromatic carbocycles. The second-order valence-electron chi connectivity index (χ2n) is 5.48. The lowest BCUT2D eigenvalue weighted by atomic mass is 10.2. The average molecular weight is 369 g/mol. The molecule has 7 heteroatoms. The number of nitrogens with zero attached hydrogens (tertiary/aromatic N) is 2. The number of aryl methyl sites for hydroxylation is 1. The third-order valence-electron chi connectivity index (χ3n) is 3.52. The number of halogens is 1. The number of aromatic nitrogens is 2. The fourth-order valence-electron chi connectivity index (χ4n) is 2.40. The Morgan fingerprint density at radius 2 is 1.88 bits per heavy atom. The first-order valence-electron chi connectivity index (χ1n) is 7.88. The Morgan fingerprint density at radius 3 is 2.65 bits per heavy atom. The van der Waals surface area contributed by atoms with Gasteiger partial charge in [0.2, 0.25) is 0 Å². The number of rotatable bonds is 5. The second-order valence-corrected chi connectivity index (χ2v) is 5.91. The molecule has 0 aliphatic heterocycles. The lowest BCUT2D eigenvalue weighted by Crippen LogP contribution is -2.15. The molecule has 1 heterocycles. The van der Waals surface area contributed by atoms with Crippen LogP contribution < -0.4 is 15.4 Å². The fraction of sp³-hybridized carbons (Fsp3) is 0.105. The summed E-state index contributed by atoms with van der Waals surface area (Å²) in [5.41, 5.74) is 1.59. The number of benzene rings is 2. The Labute approximate surface area is 156 Å². The molecule has 6 nitrogen and oxygen atoms in total.